The molecule has 7 nitrogen and oxygen atoms in total. The van der Waals surface area contributed by atoms with Gasteiger partial charge >= 0.3 is 5.97 Å². The van der Waals surface area contributed by atoms with Crippen molar-refractivity contribution < 1.29 is 14.3 Å². The minimum Gasteiger partial charge on any atom is -0.469 e. The quantitative estimate of drug-likeness (QED) is 0.722. The lowest BCUT2D eigenvalue weighted by Gasteiger charge is -2.03. The Morgan fingerprint density at radius 3 is 2.76 bits per heavy atom. The molecule has 0 fully saturated rings. The van der Waals surface area contributed by atoms with E-state index in [2.05, 4.69) is 15.2 Å². The summed E-state index contributed by atoms with van der Waals surface area (Å²) >= 11 is 0. The van der Waals surface area contributed by atoms with Crippen LogP contribution in [0.5, 0.6) is 0 Å². The second-order valence-corrected chi connectivity index (χ2v) is 5.84. The maximum atomic E-state index is 12.1. The molecule has 1 aromatic carbocycles. The van der Waals surface area contributed by atoms with Gasteiger partial charge in [-0.2, -0.15) is 5.10 Å². The lowest BCUT2D eigenvalue weighted by molar-refractivity contribution is -0.141. The van der Waals surface area contributed by atoms with Gasteiger partial charge in [-0.25, -0.2) is 9.67 Å². The summed E-state index contributed by atoms with van der Waals surface area (Å²) in [7, 11) is 1.30. The topological polar surface area (TPSA) is 86.1 Å². The van der Waals surface area contributed by atoms with Gasteiger partial charge in [0.1, 0.15) is 0 Å². The van der Waals surface area contributed by atoms with Gasteiger partial charge in [0.25, 0.3) is 0 Å². The molecule has 3 aromatic rings. The molecule has 130 valence electrons. The number of aromatic nitrogens is 3. The summed E-state index contributed by atoms with van der Waals surface area (Å²) in [5.41, 5.74) is 2.76. The number of benzene rings is 1. The van der Waals surface area contributed by atoms with Crippen LogP contribution in [0.25, 0.3) is 21.9 Å². The number of carbonyl (C=O) groups is 2. The van der Waals surface area contributed by atoms with Crippen molar-refractivity contribution in [1.29, 1.82) is 0 Å². The Hall–Kier alpha value is -2.96. The zero-order chi connectivity index (χ0) is 18.0. The van der Waals surface area contributed by atoms with Crippen LogP contribution >= 0.6 is 0 Å². The summed E-state index contributed by atoms with van der Waals surface area (Å²) in [5, 5.41) is 8.99. The highest BCUT2D eigenvalue weighted by atomic mass is 16.5. The summed E-state index contributed by atoms with van der Waals surface area (Å²) in [6.45, 7) is 4.63. The third-order valence-electron chi connectivity index (χ3n) is 4.01. The normalized spacial score (nSPS) is 11.0. The van der Waals surface area contributed by atoms with Gasteiger partial charge in [0.15, 0.2) is 11.5 Å². The molecule has 7 heteroatoms. The predicted octanol–water partition coefficient (Wildman–Crippen LogP) is 2.80. The fraction of sp³-hybridized carbons (Fsp3) is 0.333. The summed E-state index contributed by atoms with van der Waals surface area (Å²) < 4.78 is 6.31. The van der Waals surface area contributed by atoms with Crippen molar-refractivity contribution in [2.24, 2.45) is 0 Å². The van der Waals surface area contributed by atoms with Crippen LogP contribution in [-0.2, 0) is 20.9 Å². The molecule has 0 saturated carbocycles. The first-order chi connectivity index (χ1) is 12.0. The number of hydrogen-bond acceptors (Lipinski definition) is 5. The van der Waals surface area contributed by atoms with E-state index in [-0.39, 0.29) is 18.7 Å². The van der Waals surface area contributed by atoms with E-state index >= 15 is 0 Å². The molecule has 0 radical (unpaired) electrons. The first-order valence-corrected chi connectivity index (χ1v) is 8.16. The van der Waals surface area contributed by atoms with Gasteiger partial charge < -0.3 is 10.1 Å². The van der Waals surface area contributed by atoms with E-state index < -0.39 is 5.97 Å². The van der Waals surface area contributed by atoms with Crippen LogP contribution in [0.2, 0.25) is 0 Å². The third kappa shape index (κ3) is 3.45. The van der Waals surface area contributed by atoms with Crippen molar-refractivity contribution >= 4 is 39.6 Å². The lowest BCUT2D eigenvalue weighted by atomic mass is 10.1. The first-order valence-electron chi connectivity index (χ1n) is 8.16. The smallest absolute Gasteiger partial charge is 0.306 e. The van der Waals surface area contributed by atoms with Crippen molar-refractivity contribution in [3.05, 3.63) is 29.8 Å². The highest BCUT2D eigenvalue weighted by molar-refractivity contribution is 6.03. The Kier molecular flexibility index (Phi) is 4.65. The molecule has 2 heterocycles. The average molecular weight is 340 g/mol. The molecular weight excluding hydrogens is 320 g/mol. The van der Waals surface area contributed by atoms with E-state index in [4.69, 9.17) is 4.98 Å². The Labute approximate surface area is 145 Å². The molecule has 2 aromatic heterocycles. The summed E-state index contributed by atoms with van der Waals surface area (Å²) in [6, 6.07) is 8.03. The number of hydrogen-bond donors (Lipinski definition) is 1. The molecule has 0 saturated heterocycles. The zero-order valence-electron chi connectivity index (χ0n) is 14.5. The van der Waals surface area contributed by atoms with Gasteiger partial charge in [-0.3, -0.25) is 9.59 Å². The number of nitrogens with one attached hydrogen (secondary N) is 1. The fourth-order valence-corrected chi connectivity index (χ4v) is 2.68. The largest absolute Gasteiger partial charge is 0.469 e. The minimum absolute atomic E-state index is 0.0369. The minimum atomic E-state index is -0.415. The maximum Gasteiger partial charge on any atom is 0.306 e. The van der Waals surface area contributed by atoms with Crippen LogP contribution in [-0.4, -0.2) is 33.8 Å². The molecule has 0 aliphatic heterocycles. The Morgan fingerprint density at radius 2 is 2.04 bits per heavy atom. The summed E-state index contributed by atoms with van der Waals surface area (Å²) in [4.78, 5) is 28.0. The SMILES string of the molecule is CCn1nc(NC(=O)CCC(=O)OC)c2cc3ccc(C)cc3nc21. The van der Waals surface area contributed by atoms with E-state index in [9.17, 15) is 9.59 Å². The van der Waals surface area contributed by atoms with Gasteiger partial charge in [0, 0.05) is 18.4 Å². The Balaban J connectivity index is 1.96. The van der Waals surface area contributed by atoms with Crippen LogP contribution in [0, 0.1) is 6.92 Å². The second-order valence-electron chi connectivity index (χ2n) is 5.84. The van der Waals surface area contributed by atoms with Gasteiger partial charge in [0.2, 0.25) is 5.91 Å². The number of pyridine rings is 1. The number of rotatable bonds is 5. The van der Waals surface area contributed by atoms with E-state index in [1.165, 1.54) is 7.11 Å². The molecule has 0 bridgehead atoms. The highest BCUT2D eigenvalue weighted by Gasteiger charge is 2.15. The first kappa shape index (κ1) is 16.9. The molecule has 0 atom stereocenters. The van der Waals surface area contributed by atoms with Gasteiger partial charge in [-0.1, -0.05) is 12.1 Å². The molecule has 1 N–H and O–H groups in total. The van der Waals surface area contributed by atoms with Crippen molar-refractivity contribution in [2.45, 2.75) is 33.2 Å². The molecular formula is C18H20N4O3. The van der Waals surface area contributed by atoms with Crippen molar-refractivity contribution in [1.82, 2.24) is 14.8 Å². The van der Waals surface area contributed by atoms with Crippen LogP contribution < -0.4 is 5.32 Å². The Bertz CT molecular complexity index is 962. The zero-order valence-corrected chi connectivity index (χ0v) is 14.5. The lowest BCUT2D eigenvalue weighted by Crippen LogP contribution is -2.14. The van der Waals surface area contributed by atoms with E-state index in [0.29, 0.717) is 12.4 Å². The highest BCUT2D eigenvalue weighted by Crippen LogP contribution is 2.26. The average Bonchev–Trinajstić information content (AvgIpc) is 2.94. The number of methoxy groups -OCH3 is 1. The summed E-state index contributed by atoms with van der Waals surface area (Å²) in [5.74, 6) is -0.235. The number of anilines is 1. The van der Waals surface area contributed by atoms with Crippen LogP contribution in [0.1, 0.15) is 25.3 Å². The van der Waals surface area contributed by atoms with Crippen molar-refractivity contribution in [3.63, 3.8) is 0 Å². The second kappa shape index (κ2) is 6.88. The molecule has 0 aliphatic carbocycles. The number of ether oxygens (including phenoxy) is 1. The predicted molar refractivity (Wildman–Crippen MR) is 95.3 cm³/mol. The van der Waals surface area contributed by atoms with Crippen LogP contribution in [0.3, 0.4) is 0 Å². The number of nitrogens with zero attached hydrogens (tertiary/aromatic N) is 3. The molecule has 0 aliphatic rings. The van der Waals surface area contributed by atoms with Gasteiger partial charge in [0.05, 0.1) is 24.4 Å². The van der Waals surface area contributed by atoms with E-state index in [1.54, 1.807) is 4.68 Å². The summed E-state index contributed by atoms with van der Waals surface area (Å²) in [6.07, 6.45) is 0.0859. The molecule has 3 rings (SSSR count). The van der Waals surface area contributed by atoms with Crippen molar-refractivity contribution in [2.75, 3.05) is 12.4 Å². The number of amides is 1. The Morgan fingerprint density at radius 1 is 1.24 bits per heavy atom. The maximum absolute atomic E-state index is 12.1. The standard InChI is InChI=1S/C18H20N4O3/c1-4-22-18-13(10-12-6-5-11(2)9-14(12)19-18)17(21-22)20-15(23)7-8-16(24)25-3/h5-6,9-10H,4,7-8H2,1-3H3,(H,20,21,23). The number of carbonyl (C=O) groups excluding carboxylic acids is 2. The number of aryl methyl sites for hydroxylation is 2. The van der Waals surface area contributed by atoms with Gasteiger partial charge in [-0.05, 0) is 31.5 Å². The number of fused-ring (bicyclic) bond motifs is 2. The molecule has 0 unspecified atom stereocenters. The third-order valence-corrected chi connectivity index (χ3v) is 4.01. The van der Waals surface area contributed by atoms with Crippen LogP contribution in [0.15, 0.2) is 24.3 Å². The fourth-order valence-electron chi connectivity index (χ4n) is 2.68. The van der Waals surface area contributed by atoms with Crippen molar-refractivity contribution in [3.8, 4) is 0 Å². The molecule has 1 amide bonds. The molecule has 0 spiro atoms. The van der Waals surface area contributed by atoms with Crippen LogP contribution in [0.4, 0.5) is 5.82 Å². The van der Waals surface area contributed by atoms with Gasteiger partial charge in [-0.15, -0.1) is 0 Å². The number of esters is 1. The van der Waals surface area contributed by atoms with E-state index in [1.807, 2.05) is 38.1 Å². The van der Waals surface area contributed by atoms with E-state index in [0.717, 1.165) is 27.5 Å². The monoisotopic (exact) mass is 340 g/mol. The molecule has 25 heavy (non-hydrogen) atoms.